The van der Waals surface area contributed by atoms with Gasteiger partial charge in [-0.3, -0.25) is 4.79 Å². The number of carbonyl (C=O) groups is 1. The molecule has 1 amide bonds. The summed E-state index contributed by atoms with van der Waals surface area (Å²) in [6.07, 6.45) is 10.9. The molecule has 1 aromatic carbocycles. The Morgan fingerprint density at radius 3 is 2.42 bits per heavy atom. The second kappa shape index (κ2) is 7.73. The van der Waals surface area contributed by atoms with Gasteiger partial charge in [0.15, 0.2) is 0 Å². The molecule has 0 bridgehead atoms. The van der Waals surface area contributed by atoms with E-state index in [4.69, 9.17) is 23.2 Å². The van der Waals surface area contributed by atoms with Crippen LogP contribution in [-0.4, -0.2) is 29.9 Å². The number of piperidine rings is 1. The molecular weight excluding hydrogens is 343 g/mol. The normalized spacial score (nSPS) is 20.1. The molecule has 0 saturated carbocycles. The fraction of sp³-hybridized carbons (Fsp3) is 0.421. The minimum atomic E-state index is -0.715. The Balaban J connectivity index is 1.84. The molecule has 1 aliphatic carbocycles. The van der Waals surface area contributed by atoms with E-state index in [0.29, 0.717) is 5.02 Å². The number of hydrogen-bond acceptors (Lipinski definition) is 2. The lowest BCUT2D eigenvalue weighted by molar-refractivity contribution is -0.119. The summed E-state index contributed by atoms with van der Waals surface area (Å²) in [4.78, 5) is 14.3. The van der Waals surface area contributed by atoms with Crippen LogP contribution in [0, 0.1) is 0 Å². The summed E-state index contributed by atoms with van der Waals surface area (Å²) < 4.78 is 0. The van der Waals surface area contributed by atoms with Crippen molar-refractivity contribution in [2.24, 2.45) is 0 Å². The predicted octanol–water partition coefficient (Wildman–Crippen LogP) is 4.31. The summed E-state index contributed by atoms with van der Waals surface area (Å²) in [6, 6.07) is 7.67. The first-order chi connectivity index (χ1) is 11.6. The first kappa shape index (κ1) is 17.5. The Morgan fingerprint density at radius 1 is 1.17 bits per heavy atom. The van der Waals surface area contributed by atoms with Crippen molar-refractivity contribution in [2.75, 3.05) is 18.0 Å². The zero-order chi connectivity index (χ0) is 17.0. The molecule has 0 unspecified atom stereocenters. The van der Waals surface area contributed by atoms with Crippen LogP contribution in [0.2, 0.25) is 5.02 Å². The number of carbonyl (C=O) groups excluding carboxylic acids is 1. The summed E-state index contributed by atoms with van der Waals surface area (Å²) in [6.45, 7) is 1.85. The monoisotopic (exact) mass is 364 g/mol. The van der Waals surface area contributed by atoms with E-state index in [1.165, 1.54) is 0 Å². The third-order valence-electron chi connectivity index (χ3n) is 4.53. The van der Waals surface area contributed by atoms with Gasteiger partial charge in [0.05, 0.1) is 11.3 Å². The highest BCUT2D eigenvalue weighted by Gasteiger charge is 2.32. The van der Waals surface area contributed by atoms with Crippen molar-refractivity contribution in [3.63, 3.8) is 0 Å². The van der Waals surface area contributed by atoms with E-state index >= 15 is 0 Å². The van der Waals surface area contributed by atoms with Gasteiger partial charge in [0, 0.05) is 16.8 Å². The van der Waals surface area contributed by atoms with Gasteiger partial charge in [-0.25, -0.2) is 0 Å². The van der Waals surface area contributed by atoms with Gasteiger partial charge in [-0.05, 0) is 56.6 Å². The van der Waals surface area contributed by atoms with E-state index in [2.05, 4.69) is 5.32 Å². The van der Waals surface area contributed by atoms with Gasteiger partial charge in [0.2, 0.25) is 5.91 Å². The minimum absolute atomic E-state index is 0.0513. The molecule has 1 fully saturated rings. The highest BCUT2D eigenvalue weighted by Crippen LogP contribution is 2.31. The van der Waals surface area contributed by atoms with Gasteiger partial charge in [-0.15, -0.1) is 11.6 Å². The van der Waals surface area contributed by atoms with E-state index in [-0.39, 0.29) is 18.4 Å². The molecule has 1 heterocycles. The topological polar surface area (TPSA) is 32.3 Å². The Labute approximate surface area is 153 Å². The number of nitrogens with one attached hydrogen (secondary N) is 1. The average Bonchev–Trinajstić information content (AvgIpc) is 2.58. The number of alkyl halides is 1. The molecule has 1 N–H and O–H groups in total. The molecule has 1 aliphatic heterocycles. The smallest absolute Gasteiger partial charge is 0.229 e. The number of allylic oxidation sites excluding steroid dienone is 4. The van der Waals surface area contributed by atoms with E-state index in [9.17, 15) is 4.79 Å². The molecule has 0 radical (unpaired) electrons. The van der Waals surface area contributed by atoms with Crippen LogP contribution in [0.3, 0.4) is 0 Å². The second-order valence-corrected chi connectivity index (χ2v) is 7.51. The maximum atomic E-state index is 13.1. The Hall–Kier alpha value is -1.29. The van der Waals surface area contributed by atoms with Crippen LogP contribution in [0.25, 0.3) is 0 Å². The fourth-order valence-corrected chi connectivity index (χ4v) is 3.74. The molecule has 0 spiro atoms. The first-order valence-electron chi connectivity index (χ1n) is 8.40. The van der Waals surface area contributed by atoms with Gasteiger partial charge >= 0.3 is 0 Å². The van der Waals surface area contributed by atoms with Crippen molar-refractivity contribution in [3.8, 4) is 0 Å². The van der Waals surface area contributed by atoms with Gasteiger partial charge in [0.25, 0.3) is 0 Å². The molecule has 5 heteroatoms. The van der Waals surface area contributed by atoms with Gasteiger partial charge in [-0.1, -0.05) is 35.9 Å². The molecule has 0 atom stereocenters. The Bertz CT molecular complexity index is 621. The third kappa shape index (κ3) is 4.21. The van der Waals surface area contributed by atoms with Crippen LogP contribution in [0.1, 0.15) is 25.7 Å². The van der Waals surface area contributed by atoms with Crippen molar-refractivity contribution in [2.45, 2.75) is 36.6 Å². The zero-order valence-corrected chi connectivity index (χ0v) is 15.1. The minimum Gasteiger partial charge on any atom is -0.317 e. The molecule has 2 aliphatic rings. The average molecular weight is 365 g/mol. The zero-order valence-electron chi connectivity index (χ0n) is 13.6. The highest BCUT2D eigenvalue weighted by molar-refractivity contribution is 6.30. The number of hydrogen-bond donors (Lipinski definition) is 1. The van der Waals surface area contributed by atoms with Crippen LogP contribution >= 0.6 is 23.2 Å². The summed E-state index contributed by atoms with van der Waals surface area (Å²) >= 11 is 12.6. The lowest BCUT2D eigenvalue weighted by Gasteiger charge is -2.36. The molecule has 24 heavy (non-hydrogen) atoms. The molecule has 1 aromatic rings. The molecule has 1 saturated heterocycles. The van der Waals surface area contributed by atoms with E-state index in [1.54, 1.807) is 0 Å². The number of halogens is 2. The van der Waals surface area contributed by atoms with Crippen molar-refractivity contribution >= 4 is 34.8 Å². The largest absolute Gasteiger partial charge is 0.317 e. The number of benzene rings is 1. The van der Waals surface area contributed by atoms with Crippen molar-refractivity contribution in [1.82, 2.24) is 5.32 Å². The molecule has 0 aromatic heterocycles. The SMILES string of the molecule is O=C(CC1(Cl)C=CCC=C1)N(c1ccc(Cl)cc1)C1CCNCC1. The van der Waals surface area contributed by atoms with Crippen LogP contribution < -0.4 is 10.2 Å². The number of rotatable bonds is 4. The summed E-state index contributed by atoms with van der Waals surface area (Å²) in [5.41, 5.74) is 0.889. The maximum Gasteiger partial charge on any atom is 0.229 e. The highest BCUT2D eigenvalue weighted by atomic mass is 35.5. The Kier molecular flexibility index (Phi) is 5.65. The van der Waals surface area contributed by atoms with Crippen LogP contribution in [0.4, 0.5) is 5.69 Å². The second-order valence-electron chi connectivity index (χ2n) is 6.37. The fourth-order valence-electron chi connectivity index (χ4n) is 3.32. The molecular formula is C19H22Cl2N2O. The lowest BCUT2D eigenvalue weighted by atomic mass is 9.96. The van der Waals surface area contributed by atoms with Crippen LogP contribution in [-0.2, 0) is 4.79 Å². The summed E-state index contributed by atoms with van der Waals surface area (Å²) in [5, 5.41) is 4.02. The Morgan fingerprint density at radius 2 is 1.79 bits per heavy atom. The van der Waals surface area contributed by atoms with E-state index in [0.717, 1.165) is 38.0 Å². The number of anilines is 1. The molecule has 3 nitrogen and oxygen atoms in total. The van der Waals surface area contributed by atoms with Crippen molar-refractivity contribution < 1.29 is 4.79 Å². The van der Waals surface area contributed by atoms with Gasteiger partial charge in [0.1, 0.15) is 0 Å². The summed E-state index contributed by atoms with van der Waals surface area (Å²) in [7, 11) is 0. The number of nitrogens with zero attached hydrogens (tertiary/aromatic N) is 1. The van der Waals surface area contributed by atoms with Crippen molar-refractivity contribution in [1.29, 1.82) is 0 Å². The van der Waals surface area contributed by atoms with Crippen molar-refractivity contribution in [3.05, 3.63) is 53.6 Å². The molecule has 128 valence electrons. The lowest BCUT2D eigenvalue weighted by Crippen LogP contribution is -2.47. The maximum absolute atomic E-state index is 13.1. The quantitative estimate of drug-likeness (QED) is 0.637. The first-order valence-corrected chi connectivity index (χ1v) is 9.16. The standard InChI is InChI=1S/C19H22Cl2N2O/c20-15-4-6-16(7-5-15)23(17-8-12-22-13-9-17)18(24)14-19(21)10-2-1-3-11-19/h2-7,10-11,17,22H,1,8-9,12-14H2. The van der Waals surface area contributed by atoms with Gasteiger partial charge in [-0.2, -0.15) is 0 Å². The van der Waals surface area contributed by atoms with Crippen LogP contribution in [0.15, 0.2) is 48.6 Å². The van der Waals surface area contributed by atoms with Gasteiger partial charge < -0.3 is 10.2 Å². The third-order valence-corrected chi connectivity index (χ3v) is 5.17. The van der Waals surface area contributed by atoms with E-state index < -0.39 is 4.87 Å². The molecule has 3 rings (SSSR count). The van der Waals surface area contributed by atoms with E-state index in [1.807, 2.05) is 53.5 Å². The summed E-state index contributed by atoms with van der Waals surface area (Å²) in [5.74, 6) is 0.0513. The number of amides is 1. The predicted molar refractivity (Wildman–Crippen MR) is 101 cm³/mol. The van der Waals surface area contributed by atoms with Crippen LogP contribution in [0.5, 0.6) is 0 Å².